The molecule has 3 N–H and O–H groups in total. The van der Waals surface area contributed by atoms with Gasteiger partial charge in [0.2, 0.25) is 0 Å². The summed E-state index contributed by atoms with van der Waals surface area (Å²) in [5.41, 5.74) is 7.84. The molecule has 110 valence electrons. The molecule has 0 aliphatic heterocycles. The van der Waals surface area contributed by atoms with Crippen molar-refractivity contribution < 1.29 is 4.79 Å². The van der Waals surface area contributed by atoms with Crippen molar-refractivity contribution in [1.82, 2.24) is 15.3 Å². The molecule has 1 heterocycles. The number of nitrogens with two attached hydrogens (primary N) is 1. The molecule has 0 aliphatic carbocycles. The van der Waals surface area contributed by atoms with E-state index in [1.54, 1.807) is 0 Å². The average molecular weight is 284 g/mol. The summed E-state index contributed by atoms with van der Waals surface area (Å²) >= 11 is 0. The van der Waals surface area contributed by atoms with Crippen molar-refractivity contribution >= 4 is 11.7 Å². The summed E-state index contributed by atoms with van der Waals surface area (Å²) in [4.78, 5) is 20.7. The minimum Gasteiger partial charge on any atom is -0.383 e. The molecule has 1 amide bonds. The van der Waals surface area contributed by atoms with E-state index in [2.05, 4.69) is 15.3 Å². The Bertz CT molecular complexity index is 674. The summed E-state index contributed by atoms with van der Waals surface area (Å²) in [5, 5.41) is 2.85. The highest BCUT2D eigenvalue weighted by atomic mass is 16.1. The van der Waals surface area contributed by atoms with Gasteiger partial charge in [-0.05, 0) is 33.3 Å². The summed E-state index contributed by atoms with van der Waals surface area (Å²) in [6.07, 6.45) is 1.48. The first-order valence-electron chi connectivity index (χ1n) is 6.79. The van der Waals surface area contributed by atoms with Gasteiger partial charge in [0.15, 0.2) is 5.82 Å². The standard InChI is InChI=1S/C16H20N4O/c1-10-7-5-6-8-11(10)14-18-9-12(13(17)19-14)15(21)20-16(2,3)4/h5-9H,1-4H3,(H,20,21)(H2,17,18,19). The number of aromatic nitrogens is 2. The molecule has 0 radical (unpaired) electrons. The Morgan fingerprint density at radius 2 is 1.90 bits per heavy atom. The number of anilines is 1. The van der Waals surface area contributed by atoms with Gasteiger partial charge >= 0.3 is 0 Å². The van der Waals surface area contributed by atoms with Crippen molar-refractivity contribution in [3.05, 3.63) is 41.6 Å². The van der Waals surface area contributed by atoms with Gasteiger partial charge in [-0.15, -0.1) is 0 Å². The van der Waals surface area contributed by atoms with E-state index in [1.807, 2.05) is 52.0 Å². The zero-order valence-corrected chi connectivity index (χ0v) is 12.8. The van der Waals surface area contributed by atoms with E-state index in [0.717, 1.165) is 11.1 Å². The number of hydrogen-bond donors (Lipinski definition) is 2. The third-order valence-electron chi connectivity index (χ3n) is 2.94. The first kappa shape index (κ1) is 15.0. The zero-order chi connectivity index (χ0) is 15.6. The fourth-order valence-electron chi connectivity index (χ4n) is 1.93. The molecular weight excluding hydrogens is 264 g/mol. The molecule has 0 unspecified atom stereocenters. The average Bonchev–Trinajstić information content (AvgIpc) is 2.37. The van der Waals surface area contributed by atoms with Gasteiger partial charge in [-0.2, -0.15) is 0 Å². The van der Waals surface area contributed by atoms with Crippen LogP contribution in [0.4, 0.5) is 5.82 Å². The van der Waals surface area contributed by atoms with Crippen LogP contribution < -0.4 is 11.1 Å². The first-order valence-corrected chi connectivity index (χ1v) is 6.79. The highest BCUT2D eigenvalue weighted by Gasteiger charge is 2.19. The number of nitrogen functional groups attached to an aromatic ring is 1. The van der Waals surface area contributed by atoms with E-state index >= 15 is 0 Å². The molecular formula is C16H20N4O. The molecule has 21 heavy (non-hydrogen) atoms. The number of nitrogens with zero attached hydrogens (tertiary/aromatic N) is 2. The van der Waals surface area contributed by atoms with Crippen LogP contribution in [0.2, 0.25) is 0 Å². The topological polar surface area (TPSA) is 80.9 Å². The molecule has 2 aromatic rings. The third kappa shape index (κ3) is 3.56. The first-order chi connectivity index (χ1) is 9.78. The summed E-state index contributed by atoms with van der Waals surface area (Å²) in [5.74, 6) is 0.444. The Balaban J connectivity index is 2.34. The lowest BCUT2D eigenvalue weighted by Gasteiger charge is -2.20. The molecule has 0 atom stereocenters. The summed E-state index contributed by atoms with van der Waals surface area (Å²) < 4.78 is 0. The van der Waals surface area contributed by atoms with Gasteiger partial charge in [0.1, 0.15) is 5.82 Å². The van der Waals surface area contributed by atoms with E-state index in [0.29, 0.717) is 11.4 Å². The predicted octanol–water partition coefficient (Wildman–Crippen LogP) is 2.56. The van der Waals surface area contributed by atoms with Gasteiger partial charge in [-0.3, -0.25) is 4.79 Å². The number of hydrogen-bond acceptors (Lipinski definition) is 4. The van der Waals surface area contributed by atoms with Gasteiger partial charge < -0.3 is 11.1 Å². The van der Waals surface area contributed by atoms with Crippen LogP contribution in [0.15, 0.2) is 30.5 Å². The van der Waals surface area contributed by atoms with Gasteiger partial charge in [-0.25, -0.2) is 9.97 Å². The van der Waals surface area contributed by atoms with Crippen molar-refractivity contribution in [3.63, 3.8) is 0 Å². The monoisotopic (exact) mass is 284 g/mol. The molecule has 0 spiro atoms. The SMILES string of the molecule is Cc1ccccc1-c1ncc(C(=O)NC(C)(C)C)c(N)n1. The molecule has 2 rings (SSSR count). The third-order valence-corrected chi connectivity index (χ3v) is 2.94. The van der Waals surface area contributed by atoms with Crippen molar-refractivity contribution in [3.8, 4) is 11.4 Å². The van der Waals surface area contributed by atoms with Crippen molar-refractivity contribution in [2.45, 2.75) is 33.2 Å². The minimum absolute atomic E-state index is 0.185. The Morgan fingerprint density at radius 3 is 2.48 bits per heavy atom. The smallest absolute Gasteiger partial charge is 0.257 e. The number of rotatable bonds is 2. The number of benzene rings is 1. The lowest BCUT2D eigenvalue weighted by atomic mass is 10.1. The Kier molecular flexibility index (Phi) is 3.93. The van der Waals surface area contributed by atoms with Crippen molar-refractivity contribution in [1.29, 1.82) is 0 Å². The highest BCUT2D eigenvalue weighted by Crippen LogP contribution is 2.21. The number of nitrogens with one attached hydrogen (secondary N) is 1. The molecule has 0 bridgehead atoms. The van der Waals surface area contributed by atoms with Crippen LogP contribution >= 0.6 is 0 Å². The molecule has 0 aliphatic rings. The van der Waals surface area contributed by atoms with Gasteiger partial charge in [0, 0.05) is 17.3 Å². The molecule has 0 saturated heterocycles. The van der Waals surface area contributed by atoms with E-state index in [-0.39, 0.29) is 17.3 Å². The summed E-state index contributed by atoms with van der Waals surface area (Å²) in [7, 11) is 0. The van der Waals surface area contributed by atoms with Gasteiger partial charge in [0.05, 0.1) is 5.56 Å². The Labute approximate surface area is 124 Å². The van der Waals surface area contributed by atoms with Crippen LogP contribution in [-0.2, 0) is 0 Å². The molecule has 5 nitrogen and oxygen atoms in total. The molecule has 0 saturated carbocycles. The van der Waals surface area contributed by atoms with E-state index < -0.39 is 0 Å². The molecule has 1 aromatic carbocycles. The Morgan fingerprint density at radius 1 is 1.24 bits per heavy atom. The molecule has 1 aromatic heterocycles. The maximum absolute atomic E-state index is 12.1. The maximum Gasteiger partial charge on any atom is 0.257 e. The molecule has 5 heteroatoms. The maximum atomic E-state index is 12.1. The van der Waals surface area contributed by atoms with E-state index in [1.165, 1.54) is 6.20 Å². The predicted molar refractivity (Wildman–Crippen MR) is 83.8 cm³/mol. The molecule has 0 fully saturated rings. The summed E-state index contributed by atoms with van der Waals surface area (Å²) in [6, 6.07) is 7.78. The normalized spacial score (nSPS) is 11.2. The summed E-state index contributed by atoms with van der Waals surface area (Å²) in [6.45, 7) is 7.70. The number of carbonyl (C=O) groups excluding carboxylic acids is 1. The van der Waals surface area contributed by atoms with Crippen LogP contribution in [0.1, 0.15) is 36.7 Å². The Hall–Kier alpha value is -2.43. The number of amides is 1. The van der Waals surface area contributed by atoms with E-state index in [4.69, 9.17) is 5.73 Å². The second-order valence-electron chi connectivity index (χ2n) is 6.01. The van der Waals surface area contributed by atoms with Crippen LogP contribution in [0.3, 0.4) is 0 Å². The van der Waals surface area contributed by atoms with Crippen molar-refractivity contribution in [2.75, 3.05) is 5.73 Å². The van der Waals surface area contributed by atoms with Crippen LogP contribution in [0.5, 0.6) is 0 Å². The van der Waals surface area contributed by atoms with Crippen LogP contribution in [-0.4, -0.2) is 21.4 Å². The highest BCUT2D eigenvalue weighted by molar-refractivity contribution is 5.98. The fourth-order valence-corrected chi connectivity index (χ4v) is 1.93. The zero-order valence-electron chi connectivity index (χ0n) is 12.8. The lowest BCUT2D eigenvalue weighted by molar-refractivity contribution is 0.0920. The fraction of sp³-hybridized carbons (Fsp3) is 0.312. The second kappa shape index (κ2) is 5.52. The number of aryl methyl sites for hydroxylation is 1. The second-order valence-corrected chi connectivity index (χ2v) is 6.01. The van der Waals surface area contributed by atoms with Gasteiger partial charge in [-0.1, -0.05) is 24.3 Å². The van der Waals surface area contributed by atoms with Crippen LogP contribution in [0.25, 0.3) is 11.4 Å². The van der Waals surface area contributed by atoms with Crippen molar-refractivity contribution in [2.24, 2.45) is 0 Å². The van der Waals surface area contributed by atoms with E-state index in [9.17, 15) is 4.79 Å². The minimum atomic E-state index is -0.335. The number of carbonyl (C=O) groups is 1. The van der Waals surface area contributed by atoms with Gasteiger partial charge in [0.25, 0.3) is 5.91 Å². The largest absolute Gasteiger partial charge is 0.383 e. The quantitative estimate of drug-likeness (QED) is 0.888. The van der Waals surface area contributed by atoms with Crippen LogP contribution in [0, 0.1) is 6.92 Å². The lowest BCUT2D eigenvalue weighted by Crippen LogP contribution is -2.41.